The molecule has 0 aromatic rings. The van der Waals surface area contributed by atoms with Crippen LogP contribution in [0.3, 0.4) is 0 Å². The third-order valence-electron chi connectivity index (χ3n) is 5.04. The Hall–Kier alpha value is -2.36. The second-order valence-corrected chi connectivity index (χ2v) is 7.21. The second kappa shape index (κ2) is 7.81. The second-order valence-electron chi connectivity index (χ2n) is 7.21. The summed E-state index contributed by atoms with van der Waals surface area (Å²) in [5.41, 5.74) is -1.43. The topological polar surface area (TPSA) is 106 Å². The van der Waals surface area contributed by atoms with E-state index in [1.165, 1.54) is 13.0 Å². The lowest BCUT2D eigenvalue weighted by atomic mass is 9.87. The van der Waals surface area contributed by atoms with Gasteiger partial charge in [-0.3, -0.25) is 4.79 Å². The van der Waals surface area contributed by atoms with E-state index in [-0.39, 0.29) is 18.4 Å². The third kappa shape index (κ3) is 4.03. The Labute approximate surface area is 165 Å². The zero-order valence-electron chi connectivity index (χ0n) is 15.9. The van der Waals surface area contributed by atoms with E-state index in [9.17, 15) is 19.8 Å². The molecule has 0 aromatic heterocycles. The molecule has 9 heteroatoms. The molecule has 0 spiro atoms. The molecule has 158 valence electrons. The number of ether oxygens (including phenoxy) is 3. The molecule has 2 N–H and O–H groups in total. The molecule has 2 heterocycles. The third-order valence-corrected chi connectivity index (χ3v) is 5.04. The maximum atomic E-state index is 15.0. The van der Waals surface area contributed by atoms with Crippen LogP contribution in [0.4, 0.5) is 8.78 Å². The zero-order chi connectivity index (χ0) is 21.5. The van der Waals surface area contributed by atoms with Gasteiger partial charge in [0.05, 0.1) is 24.9 Å². The highest BCUT2D eigenvalue weighted by molar-refractivity contribution is 6.23. The first-order valence-corrected chi connectivity index (χ1v) is 9.08. The molecule has 0 amide bonds. The molecular weight excluding hydrogens is 390 g/mol. The van der Waals surface area contributed by atoms with Crippen LogP contribution in [0.2, 0.25) is 0 Å². The molecule has 1 saturated heterocycles. The van der Waals surface area contributed by atoms with Crippen molar-refractivity contribution in [3.63, 3.8) is 0 Å². The Balaban J connectivity index is 2.03. The van der Waals surface area contributed by atoms with E-state index < -0.39 is 65.1 Å². The Bertz CT molecular complexity index is 827. The van der Waals surface area contributed by atoms with Gasteiger partial charge >= 0.3 is 11.9 Å². The summed E-state index contributed by atoms with van der Waals surface area (Å²) in [6, 6.07) is 0. The van der Waals surface area contributed by atoms with Gasteiger partial charge in [0.15, 0.2) is 11.5 Å². The zero-order valence-corrected chi connectivity index (χ0v) is 15.9. The predicted molar refractivity (Wildman–Crippen MR) is 95.8 cm³/mol. The van der Waals surface area contributed by atoms with Crippen molar-refractivity contribution in [1.82, 2.24) is 0 Å². The van der Waals surface area contributed by atoms with Crippen LogP contribution < -0.4 is 0 Å². The molecule has 0 saturated carbocycles. The Kier molecular flexibility index (Phi) is 5.75. The number of hydrogen-bond donors (Lipinski definition) is 2. The van der Waals surface area contributed by atoms with Gasteiger partial charge in [0.2, 0.25) is 0 Å². The van der Waals surface area contributed by atoms with E-state index in [0.717, 1.165) is 7.11 Å². The molecule has 2 aliphatic heterocycles. The van der Waals surface area contributed by atoms with E-state index >= 15 is 8.78 Å². The summed E-state index contributed by atoms with van der Waals surface area (Å²) in [5, 5.41) is 20.4. The molecule has 7 nitrogen and oxygen atoms in total. The number of epoxide rings is 1. The molecule has 1 fully saturated rings. The lowest BCUT2D eigenvalue weighted by molar-refractivity contribution is -0.144. The summed E-state index contributed by atoms with van der Waals surface area (Å²) in [6.07, 6.45) is -2.04. The summed E-state index contributed by atoms with van der Waals surface area (Å²) >= 11 is 0. The van der Waals surface area contributed by atoms with E-state index in [1.54, 1.807) is 6.08 Å². The molecule has 1 aliphatic carbocycles. The van der Waals surface area contributed by atoms with Gasteiger partial charge in [-0.05, 0) is 12.5 Å². The minimum absolute atomic E-state index is 0.183. The summed E-state index contributed by atoms with van der Waals surface area (Å²) in [5.74, 6) is -6.83. The van der Waals surface area contributed by atoms with E-state index in [4.69, 9.17) is 9.47 Å². The van der Waals surface area contributed by atoms with Gasteiger partial charge in [0, 0.05) is 18.9 Å². The maximum Gasteiger partial charge on any atom is 0.342 e. The number of allylic oxidation sites excluding steroid dienone is 2. The number of carbonyl (C=O) groups is 2. The Morgan fingerprint density at radius 2 is 2.00 bits per heavy atom. The van der Waals surface area contributed by atoms with Crippen molar-refractivity contribution in [2.75, 3.05) is 7.11 Å². The first-order valence-electron chi connectivity index (χ1n) is 9.08. The van der Waals surface area contributed by atoms with Gasteiger partial charge in [0.1, 0.15) is 23.9 Å². The maximum absolute atomic E-state index is 15.0. The van der Waals surface area contributed by atoms with E-state index in [2.05, 4.69) is 11.3 Å². The highest BCUT2D eigenvalue weighted by Crippen LogP contribution is 2.48. The molecule has 0 unspecified atom stereocenters. The van der Waals surface area contributed by atoms with Crippen molar-refractivity contribution in [1.29, 1.82) is 0 Å². The molecule has 0 bridgehead atoms. The monoisotopic (exact) mass is 412 g/mol. The number of ketones is 1. The van der Waals surface area contributed by atoms with Crippen LogP contribution in [0.15, 0.2) is 47.3 Å². The van der Waals surface area contributed by atoms with Gasteiger partial charge in [-0.2, -0.15) is 8.78 Å². The van der Waals surface area contributed by atoms with Crippen LogP contribution in [0.25, 0.3) is 0 Å². The van der Waals surface area contributed by atoms with Crippen molar-refractivity contribution in [3.8, 4) is 0 Å². The average Bonchev–Trinajstić information content (AvgIpc) is 3.39. The first kappa shape index (κ1) is 21.4. The SMILES string of the molecule is C=C1/C=C\C[C@H](C)OC(=O)C2=C([C@H]3O[C@@H]3C[C@H](O)[C@@H]1O)C(F)(F)C(OC)=CC2=O. The number of esters is 1. The Morgan fingerprint density at radius 3 is 2.66 bits per heavy atom. The standard InChI is InChI=1S/C20H22F2O7/c1-9-5-4-6-10(2)28-19(26)15-11(23)8-14(27-3)20(21,22)16(15)18-13(29-18)7-12(24)17(9)25/h4-5,8,10,12-13,17-18,24-25H,1,6-7H2,2-3H3/b5-4-/t10-,12-,13+,17+,18-/m0/s1. The van der Waals surface area contributed by atoms with Gasteiger partial charge in [-0.25, -0.2) is 4.79 Å². The first-order chi connectivity index (χ1) is 13.6. The molecule has 29 heavy (non-hydrogen) atoms. The quantitative estimate of drug-likeness (QED) is 0.381. The largest absolute Gasteiger partial charge is 0.494 e. The summed E-state index contributed by atoms with van der Waals surface area (Å²) < 4.78 is 45.1. The van der Waals surface area contributed by atoms with Crippen molar-refractivity contribution in [3.05, 3.63) is 47.3 Å². The molecule has 5 atom stereocenters. The number of cyclic esters (lactones) is 1. The van der Waals surface area contributed by atoms with Crippen molar-refractivity contribution < 1.29 is 42.8 Å². The van der Waals surface area contributed by atoms with Crippen molar-refractivity contribution in [2.24, 2.45) is 0 Å². The van der Waals surface area contributed by atoms with Crippen LogP contribution in [0.1, 0.15) is 19.8 Å². The number of halogens is 2. The highest BCUT2D eigenvalue weighted by Gasteiger charge is 2.59. The summed E-state index contributed by atoms with van der Waals surface area (Å²) in [7, 11) is 0.991. The molecule has 0 aromatic carbocycles. The van der Waals surface area contributed by atoms with Crippen LogP contribution in [-0.4, -0.2) is 65.5 Å². The number of methoxy groups -OCH3 is 1. The van der Waals surface area contributed by atoms with Gasteiger partial charge < -0.3 is 24.4 Å². The number of fused-ring (bicyclic) bond motifs is 2. The highest BCUT2D eigenvalue weighted by atomic mass is 19.3. The number of alkyl halides is 2. The van der Waals surface area contributed by atoms with Crippen molar-refractivity contribution >= 4 is 11.8 Å². The summed E-state index contributed by atoms with van der Waals surface area (Å²) in [6.45, 7) is 5.20. The fourth-order valence-corrected chi connectivity index (χ4v) is 3.41. The minimum atomic E-state index is -3.77. The predicted octanol–water partition coefficient (Wildman–Crippen LogP) is 1.36. The summed E-state index contributed by atoms with van der Waals surface area (Å²) in [4.78, 5) is 25.0. The smallest absolute Gasteiger partial charge is 0.342 e. The lowest BCUT2D eigenvalue weighted by Gasteiger charge is -2.27. The molecular formula is C20H22F2O7. The fourth-order valence-electron chi connectivity index (χ4n) is 3.41. The number of aliphatic hydroxyl groups excluding tert-OH is 2. The lowest BCUT2D eigenvalue weighted by Crippen LogP contribution is -2.38. The van der Waals surface area contributed by atoms with Gasteiger partial charge in [-0.15, -0.1) is 0 Å². The molecule has 3 rings (SSSR count). The Morgan fingerprint density at radius 1 is 1.31 bits per heavy atom. The van der Waals surface area contributed by atoms with Gasteiger partial charge in [-0.1, -0.05) is 18.7 Å². The number of carbonyl (C=O) groups excluding carboxylic acids is 2. The average molecular weight is 412 g/mol. The number of hydrogen-bond acceptors (Lipinski definition) is 7. The van der Waals surface area contributed by atoms with Crippen molar-refractivity contribution in [2.45, 2.75) is 56.2 Å². The number of aliphatic hydroxyl groups is 2. The molecule has 0 radical (unpaired) electrons. The van der Waals surface area contributed by atoms with Gasteiger partial charge in [0.25, 0.3) is 0 Å². The number of rotatable bonds is 1. The van der Waals surface area contributed by atoms with E-state index in [1.807, 2.05) is 0 Å². The normalized spacial score (nSPS) is 36.3. The fraction of sp³-hybridized carbons (Fsp3) is 0.500. The van der Waals surface area contributed by atoms with Crippen LogP contribution in [0.5, 0.6) is 0 Å². The molecule has 3 aliphatic rings. The minimum Gasteiger partial charge on any atom is -0.494 e. The van der Waals surface area contributed by atoms with Crippen LogP contribution >= 0.6 is 0 Å². The van der Waals surface area contributed by atoms with Crippen LogP contribution in [-0.2, 0) is 23.8 Å². The van der Waals surface area contributed by atoms with Crippen LogP contribution in [0, 0.1) is 0 Å². The van der Waals surface area contributed by atoms with E-state index in [0.29, 0.717) is 6.08 Å².